The largest absolute Gasteiger partial charge is 0.496 e. The number of hydrogen-bond donors (Lipinski definition) is 0. The van der Waals surface area contributed by atoms with Gasteiger partial charge in [0.05, 0.1) is 24.1 Å². The summed E-state index contributed by atoms with van der Waals surface area (Å²) in [6, 6.07) is 18.1. The molecule has 0 aliphatic heterocycles. The highest BCUT2D eigenvalue weighted by Crippen LogP contribution is 2.29. The van der Waals surface area contributed by atoms with Crippen LogP contribution in [0.4, 0.5) is 0 Å². The molecule has 0 aliphatic rings. The molecular formula is C17H15ClO6. The average molecular weight is 351 g/mol. The van der Waals surface area contributed by atoms with Crippen molar-refractivity contribution in [1.29, 1.82) is 0 Å². The molecule has 0 aliphatic carbocycles. The summed E-state index contributed by atoms with van der Waals surface area (Å²) in [7, 11) is -3.28. The Bertz CT molecular complexity index is 808. The molecule has 1 aromatic heterocycles. The second-order valence-corrected chi connectivity index (χ2v) is 5.66. The molecule has 0 saturated carbocycles. The summed E-state index contributed by atoms with van der Waals surface area (Å²) in [5.74, 6) is 1.68. The molecule has 1 heterocycles. The third kappa shape index (κ3) is 5.16. The van der Waals surface area contributed by atoms with Crippen LogP contribution in [0, 0.1) is 17.2 Å². The fraction of sp³-hybridized carbons (Fsp3) is 0.118. The van der Waals surface area contributed by atoms with Crippen LogP contribution < -0.4 is 23.4 Å². The van der Waals surface area contributed by atoms with Gasteiger partial charge in [-0.15, -0.1) is 10.2 Å². The first-order valence-electron chi connectivity index (χ1n) is 6.86. The van der Waals surface area contributed by atoms with Gasteiger partial charge < -0.3 is 4.74 Å². The second-order valence-electron chi connectivity index (χ2n) is 4.90. The standard InChI is InChI=1S/C17H15O2.ClHO4/c1-12-10-16(13-6-4-3-5-7-13)19-17-11-14(18-2)8-9-15(12)17;2-1(3,4)5/h3-11H,1-2H3;(H,2,3,4,5)/q+1;/p-1. The molecule has 126 valence electrons. The molecule has 0 atom stereocenters. The lowest BCUT2D eigenvalue weighted by atomic mass is 10.1. The van der Waals surface area contributed by atoms with Crippen molar-refractivity contribution >= 4 is 11.0 Å². The van der Waals surface area contributed by atoms with Crippen LogP contribution in [0.1, 0.15) is 5.56 Å². The van der Waals surface area contributed by atoms with Crippen LogP contribution in [0.25, 0.3) is 22.3 Å². The molecule has 0 saturated heterocycles. The fourth-order valence-electron chi connectivity index (χ4n) is 2.21. The third-order valence-corrected chi connectivity index (χ3v) is 3.24. The van der Waals surface area contributed by atoms with E-state index in [0.717, 1.165) is 28.0 Å². The van der Waals surface area contributed by atoms with Gasteiger partial charge in [0.15, 0.2) is 0 Å². The van der Waals surface area contributed by atoms with E-state index in [9.17, 15) is 0 Å². The summed E-state index contributed by atoms with van der Waals surface area (Å²) in [6.07, 6.45) is 0. The van der Waals surface area contributed by atoms with E-state index >= 15 is 0 Å². The van der Waals surface area contributed by atoms with Gasteiger partial charge in [-0.25, -0.2) is 23.1 Å². The predicted molar refractivity (Wildman–Crippen MR) is 77.3 cm³/mol. The normalized spacial score (nSPS) is 10.9. The van der Waals surface area contributed by atoms with E-state index in [1.807, 2.05) is 48.5 Å². The number of methoxy groups -OCH3 is 1. The zero-order chi connectivity index (χ0) is 17.7. The van der Waals surface area contributed by atoms with Crippen LogP contribution in [0.2, 0.25) is 0 Å². The van der Waals surface area contributed by atoms with E-state index in [1.165, 1.54) is 5.56 Å². The Labute approximate surface area is 140 Å². The second kappa shape index (κ2) is 7.57. The Morgan fingerprint density at radius 2 is 1.54 bits per heavy atom. The van der Waals surface area contributed by atoms with Gasteiger partial charge in [0.2, 0.25) is 0 Å². The van der Waals surface area contributed by atoms with Crippen LogP contribution in [0.3, 0.4) is 0 Å². The van der Waals surface area contributed by atoms with E-state index in [2.05, 4.69) is 13.0 Å². The zero-order valence-electron chi connectivity index (χ0n) is 13.0. The molecular weight excluding hydrogens is 336 g/mol. The summed E-state index contributed by atoms with van der Waals surface area (Å²) in [5.41, 5.74) is 3.12. The van der Waals surface area contributed by atoms with E-state index in [4.69, 9.17) is 27.8 Å². The highest BCUT2D eigenvalue weighted by molar-refractivity contribution is 5.83. The molecule has 0 unspecified atom stereocenters. The molecule has 0 amide bonds. The van der Waals surface area contributed by atoms with Crippen molar-refractivity contribution in [2.24, 2.45) is 0 Å². The zero-order valence-corrected chi connectivity index (χ0v) is 13.8. The highest BCUT2D eigenvalue weighted by atomic mass is 35.7. The molecule has 7 heteroatoms. The Kier molecular flexibility index (Phi) is 5.71. The fourth-order valence-corrected chi connectivity index (χ4v) is 2.21. The first-order valence-corrected chi connectivity index (χ1v) is 8.10. The monoisotopic (exact) mass is 350 g/mol. The molecule has 24 heavy (non-hydrogen) atoms. The van der Waals surface area contributed by atoms with Crippen molar-refractivity contribution in [3.05, 3.63) is 60.2 Å². The average Bonchev–Trinajstić information content (AvgIpc) is 2.53. The number of benzene rings is 2. The maximum atomic E-state index is 8.49. The molecule has 0 radical (unpaired) electrons. The topological polar surface area (TPSA) is 113 Å². The van der Waals surface area contributed by atoms with E-state index in [1.54, 1.807) is 7.11 Å². The minimum Gasteiger partial charge on any atom is -0.496 e. The molecule has 6 nitrogen and oxygen atoms in total. The third-order valence-electron chi connectivity index (χ3n) is 3.24. The highest BCUT2D eigenvalue weighted by Gasteiger charge is 2.17. The number of rotatable bonds is 2. The Balaban J connectivity index is 0.000000368. The summed E-state index contributed by atoms with van der Waals surface area (Å²) in [5, 5.41) is 1.11. The predicted octanol–water partition coefficient (Wildman–Crippen LogP) is -0.0581. The van der Waals surface area contributed by atoms with Gasteiger partial charge in [0.25, 0.3) is 0 Å². The van der Waals surface area contributed by atoms with Gasteiger partial charge in [0, 0.05) is 6.07 Å². The Morgan fingerprint density at radius 3 is 2.12 bits per heavy atom. The van der Waals surface area contributed by atoms with Gasteiger partial charge in [-0.1, -0.05) is 18.2 Å². The number of halogens is 1. The van der Waals surface area contributed by atoms with Gasteiger partial charge >= 0.3 is 11.3 Å². The Hall–Kier alpha value is -2.22. The first kappa shape index (κ1) is 18.1. The maximum Gasteiger partial charge on any atom is 0.364 e. The summed E-state index contributed by atoms with van der Waals surface area (Å²) in [6.45, 7) is 2.09. The van der Waals surface area contributed by atoms with E-state index < -0.39 is 10.2 Å². The van der Waals surface area contributed by atoms with Crippen LogP contribution >= 0.6 is 0 Å². The minimum atomic E-state index is -4.94. The van der Waals surface area contributed by atoms with E-state index in [-0.39, 0.29) is 0 Å². The van der Waals surface area contributed by atoms with Crippen LogP contribution in [-0.2, 0) is 0 Å². The molecule has 0 spiro atoms. The van der Waals surface area contributed by atoms with Gasteiger partial charge in [-0.3, -0.25) is 0 Å². The van der Waals surface area contributed by atoms with Gasteiger partial charge in [-0.2, -0.15) is 0 Å². The quantitative estimate of drug-likeness (QED) is 0.598. The summed E-state index contributed by atoms with van der Waals surface area (Å²) < 4.78 is 45.2. The lowest BCUT2D eigenvalue weighted by Crippen LogP contribution is -2.68. The number of aryl methyl sites for hydroxylation is 1. The van der Waals surface area contributed by atoms with E-state index in [0.29, 0.717) is 0 Å². The molecule has 3 aromatic rings. The first-order chi connectivity index (χ1) is 11.3. The van der Waals surface area contributed by atoms with Crippen molar-refractivity contribution in [3.63, 3.8) is 0 Å². The van der Waals surface area contributed by atoms with Gasteiger partial charge in [0.1, 0.15) is 5.75 Å². The number of fused-ring (bicyclic) bond motifs is 1. The van der Waals surface area contributed by atoms with Crippen LogP contribution in [0.15, 0.2) is 59.0 Å². The van der Waals surface area contributed by atoms with Crippen molar-refractivity contribution in [1.82, 2.24) is 0 Å². The molecule has 0 N–H and O–H groups in total. The lowest BCUT2D eigenvalue weighted by Gasteiger charge is -2.17. The summed E-state index contributed by atoms with van der Waals surface area (Å²) in [4.78, 5) is 0. The van der Waals surface area contributed by atoms with Crippen LogP contribution in [0.5, 0.6) is 5.75 Å². The molecule has 0 bridgehead atoms. The summed E-state index contributed by atoms with van der Waals surface area (Å²) >= 11 is 0. The SMILES string of the molecule is COc1ccc2c(C)cc(-c3ccccc3)[o+]c2c1.[O-][Cl+3]([O-])([O-])[O-]. The van der Waals surface area contributed by atoms with Crippen LogP contribution in [-0.4, -0.2) is 7.11 Å². The van der Waals surface area contributed by atoms with Gasteiger partial charge in [-0.05, 0) is 36.8 Å². The minimum absolute atomic E-state index is 0.806. The van der Waals surface area contributed by atoms with Crippen molar-refractivity contribution in [2.45, 2.75) is 6.92 Å². The van der Waals surface area contributed by atoms with Crippen molar-refractivity contribution < 1.29 is 38.0 Å². The molecule has 3 rings (SSSR count). The lowest BCUT2D eigenvalue weighted by molar-refractivity contribution is -2.00. The number of hydrogen-bond acceptors (Lipinski definition) is 5. The smallest absolute Gasteiger partial charge is 0.364 e. The van der Waals surface area contributed by atoms with Crippen molar-refractivity contribution in [2.75, 3.05) is 7.11 Å². The Morgan fingerprint density at radius 1 is 0.917 bits per heavy atom. The van der Waals surface area contributed by atoms with Crippen molar-refractivity contribution in [3.8, 4) is 17.1 Å². The molecule has 2 aromatic carbocycles. The maximum absolute atomic E-state index is 8.49. The molecule has 0 fully saturated rings. The number of ether oxygens (including phenoxy) is 1.